The van der Waals surface area contributed by atoms with E-state index in [0.717, 1.165) is 19.3 Å². The van der Waals surface area contributed by atoms with Crippen molar-refractivity contribution in [2.75, 3.05) is 6.61 Å². The van der Waals surface area contributed by atoms with Gasteiger partial charge in [-0.15, -0.1) is 0 Å². The molecule has 126 valence electrons. The lowest BCUT2D eigenvalue weighted by molar-refractivity contribution is -0.155. The fourth-order valence-electron chi connectivity index (χ4n) is 2.28. The van der Waals surface area contributed by atoms with Crippen LogP contribution in [0.2, 0.25) is 0 Å². The zero-order valence-corrected chi connectivity index (χ0v) is 13.0. The lowest BCUT2D eigenvalue weighted by atomic mass is 9.88. The molecule has 0 bridgehead atoms. The van der Waals surface area contributed by atoms with E-state index in [1.165, 1.54) is 25.7 Å². The van der Waals surface area contributed by atoms with Gasteiger partial charge >= 0.3 is 5.97 Å². The molecular formula is C15H31NO5. The SMILES string of the molecule is CCCCCCCCCCC(O)C(O)C(N)(CO)C(=O)O. The predicted molar refractivity (Wildman–Crippen MR) is 80.9 cm³/mol. The molecule has 0 aromatic heterocycles. The Morgan fingerprint density at radius 1 is 1.05 bits per heavy atom. The molecule has 0 rings (SSSR count). The maximum Gasteiger partial charge on any atom is 0.328 e. The summed E-state index contributed by atoms with van der Waals surface area (Å²) in [5.41, 5.74) is 3.21. The van der Waals surface area contributed by atoms with Gasteiger partial charge < -0.3 is 26.2 Å². The molecule has 0 aliphatic rings. The van der Waals surface area contributed by atoms with Crippen LogP contribution >= 0.6 is 0 Å². The maximum absolute atomic E-state index is 10.9. The van der Waals surface area contributed by atoms with Crippen LogP contribution < -0.4 is 5.73 Å². The molecule has 21 heavy (non-hydrogen) atoms. The standard InChI is InChI=1S/C15H31NO5/c1-2-3-4-5-6-7-8-9-10-12(18)13(19)15(16,11-17)14(20)21/h12-13,17-19H,2-11,16H2,1H3,(H,20,21). The number of hydrogen-bond donors (Lipinski definition) is 5. The van der Waals surface area contributed by atoms with Gasteiger partial charge in [-0.2, -0.15) is 0 Å². The van der Waals surface area contributed by atoms with Crippen LogP contribution in [0.3, 0.4) is 0 Å². The van der Waals surface area contributed by atoms with Crippen LogP contribution in [0.15, 0.2) is 0 Å². The summed E-state index contributed by atoms with van der Waals surface area (Å²) in [6.07, 6.45) is 6.18. The maximum atomic E-state index is 10.9. The first kappa shape index (κ1) is 20.3. The van der Waals surface area contributed by atoms with Gasteiger partial charge in [-0.1, -0.05) is 58.3 Å². The number of aliphatic hydroxyl groups is 3. The Morgan fingerprint density at radius 3 is 1.95 bits per heavy atom. The normalized spacial score (nSPS) is 17.2. The van der Waals surface area contributed by atoms with Gasteiger partial charge in [0.2, 0.25) is 0 Å². The van der Waals surface area contributed by atoms with E-state index in [1.54, 1.807) is 0 Å². The third-order valence-corrected chi connectivity index (χ3v) is 3.91. The zero-order valence-electron chi connectivity index (χ0n) is 13.0. The summed E-state index contributed by atoms with van der Waals surface area (Å²) in [5.74, 6) is -1.52. The van der Waals surface area contributed by atoms with Gasteiger partial charge in [0.1, 0.15) is 6.10 Å². The van der Waals surface area contributed by atoms with Gasteiger partial charge in [0, 0.05) is 0 Å². The quantitative estimate of drug-likeness (QED) is 0.324. The van der Waals surface area contributed by atoms with Gasteiger partial charge in [-0.05, 0) is 6.42 Å². The molecular weight excluding hydrogens is 274 g/mol. The number of unbranched alkanes of at least 4 members (excludes halogenated alkanes) is 7. The number of carboxylic acid groups (broad SMARTS) is 1. The van der Waals surface area contributed by atoms with Crippen molar-refractivity contribution in [3.8, 4) is 0 Å². The summed E-state index contributed by atoms with van der Waals surface area (Å²) < 4.78 is 0. The van der Waals surface area contributed by atoms with Crippen molar-refractivity contribution in [1.29, 1.82) is 0 Å². The smallest absolute Gasteiger partial charge is 0.328 e. The second kappa shape index (κ2) is 11.0. The summed E-state index contributed by atoms with van der Waals surface area (Å²) in [7, 11) is 0. The van der Waals surface area contributed by atoms with Crippen molar-refractivity contribution in [3.63, 3.8) is 0 Å². The van der Waals surface area contributed by atoms with E-state index >= 15 is 0 Å². The van der Waals surface area contributed by atoms with Crippen LogP contribution in [0.1, 0.15) is 64.7 Å². The van der Waals surface area contributed by atoms with E-state index in [0.29, 0.717) is 6.42 Å². The fraction of sp³-hybridized carbons (Fsp3) is 0.933. The average molecular weight is 305 g/mol. The summed E-state index contributed by atoms with van der Waals surface area (Å²) in [6.45, 7) is 1.26. The molecule has 0 heterocycles. The van der Waals surface area contributed by atoms with Gasteiger partial charge in [0.25, 0.3) is 0 Å². The van der Waals surface area contributed by atoms with E-state index < -0.39 is 30.3 Å². The molecule has 0 saturated heterocycles. The van der Waals surface area contributed by atoms with E-state index in [4.69, 9.17) is 15.9 Å². The second-order valence-corrected chi connectivity index (χ2v) is 5.78. The first-order chi connectivity index (χ1) is 9.90. The number of hydrogen-bond acceptors (Lipinski definition) is 5. The lowest BCUT2D eigenvalue weighted by Crippen LogP contribution is -2.63. The first-order valence-electron chi connectivity index (χ1n) is 7.89. The Balaban J connectivity index is 3.88. The molecule has 0 aromatic carbocycles. The Labute approximate surface area is 127 Å². The molecule has 0 amide bonds. The summed E-state index contributed by atoms with van der Waals surface area (Å²) >= 11 is 0. The average Bonchev–Trinajstić information content (AvgIpc) is 2.47. The van der Waals surface area contributed by atoms with Crippen molar-refractivity contribution in [2.24, 2.45) is 5.73 Å². The molecule has 0 spiro atoms. The van der Waals surface area contributed by atoms with Gasteiger partial charge in [-0.25, -0.2) is 0 Å². The summed E-state index contributed by atoms with van der Waals surface area (Å²) in [6, 6.07) is 0. The van der Waals surface area contributed by atoms with E-state index in [9.17, 15) is 15.0 Å². The minimum absolute atomic E-state index is 0.280. The van der Waals surface area contributed by atoms with E-state index in [2.05, 4.69) is 6.92 Å². The minimum atomic E-state index is -2.21. The van der Waals surface area contributed by atoms with Crippen LogP contribution in [0.5, 0.6) is 0 Å². The molecule has 0 aliphatic carbocycles. The van der Waals surface area contributed by atoms with Crippen molar-refractivity contribution in [3.05, 3.63) is 0 Å². The number of carboxylic acids is 1. The van der Waals surface area contributed by atoms with Crippen molar-refractivity contribution in [2.45, 2.75) is 82.5 Å². The molecule has 6 heteroatoms. The topological polar surface area (TPSA) is 124 Å². The number of rotatable bonds is 13. The van der Waals surface area contributed by atoms with Crippen molar-refractivity contribution < 1.29 is 25.2 Å². The molecule has 0 aliphatic heterocycles. The predicted octanol–water partition coefficient (Wildman–Crippen LogP) is 1.01. The van der Waals surface area contributed by atoms with Crippen LogP contribution in [-0.4, -0.2) is 50.7 Å². The molecule has 6 nitrogen and oxygen atoms in total. The number of aliphatic carboxylic acids is 1. The van der Waals surface area contributed by atoms with Gasteiger partial charge in [0.05, 0.1) is 12.7 Å². The number of nitrogens with two attached hydrogens (primary N) is 1. The first-order valence-corrected chi connectivity index (χ1v) is 7.89. The Kier molecular flexibility index (Phi) is 10.6. The molecule has 0 saturated carbocycles. The van der Waals surface area contributed by atoms with Crippen LogP contribution in [0.25, 0.3) is 0 Å². The Bertz CT molecular complexity index is 287. The van der Waals surface area contributed by atoms with Crippen LogP contribution in [0, 0.1) is 0 Å². The monoisotopic (exact) mass is 305 g/mol. The number of aliphatic hydroxyl groups excluding tert-OH is 3. The highest BCUT2D eigenvalue weighted by Crippen LogP contribution is 2.17. The molecule has 0 radical (unpaired) electrons. The lowest BCUT2D eigenvalue weighted by Gasteiger charge is -2.31. The van der Waals surface area contributed by atoms with E-state index in [-0.39, 0.29) is 6.42 Å². The summed E-state index contributed by atoms with van der Waals surface area (Å²) in [5, 5.41) is 37.5. The Morgan fingerprint density at radius 2 is 1.52 bits per heavy atom. The van der Waals surface area contributed by atoms with Gasteiger partial charge in [-0.3, -0.25) is 4.79 Å². The fourth-order valence-corrected chi connectivity index (χ4v) is 2.28. The third-order valence-electron chi connectivity index (χ3n) is 3.91. The molecule has 3 atom stereocenters. The largest absolute Gasteiger partial charge is 0.480 e. The highest BCUT2D eigenvalue weighted by Gasteiger charge is 2.44. The molecule has 6 N–H and O–H groups in total. The van der Waals surface area contributed by atoms with Gasteiger partial charge in [0.15, 0.2) is 5.54 Å². The number of carbonyl (C=O) groups is 1. The second-order valence-electron chi connectivity index (χ2n) is 5.78. The highest BCUT2D eigenvalue weighted by atomic mass is 16.4. The molecule has 3 unspecified atom stereocenters. The van der Waals surface area contributed by atoms with Crippen molar-refractivity contribution in [1.82, 2.24) is 0 Å². The van der Waals surface area contributed by atoms with E-state index in [1.807, 2.05) is 0 Å². The molecule has 0 fully saturated rings. The third kappa shape index (κ3) is 7.22. The Hall–Kier alpha value is -0.690. The minimum Gasteiger partial charge on any atom is -0.480 e. The van der Waals surface area contributed by atoms with Crippen molar-refractivity contribution >= 4 is 5.97 Å². The van der Waals surface area contributed by atoms with Crippen LogP contribution in [0.4, 0.5) is 0 Å². The summed E-state index contributed by atoms with van der Waals surface area (Å²) in [4.78, 5) is 10.9. The van der Waals surface area contributed by atoms with Crippen LogP contribution in [-0.2, 0) is 4.79 Å². The highest BCUT2D eigenvalue weighted by molar-refractivity contribution is 5.79. The molecule has 0 aromatic rings. The zero-order chi connectivity index (χ0) is 16.3.